The predicted octanol–water partition coefficient (Wildman–Crippen LogP) is 1.07. The molecule has 1 unspecified atom stereocenters. The van der Waals surface area contributed by atoms with Crippen LogP contribution in [-0.2, 0) is 14.3 Å². The average molecular weight is 378 g/mol. The Balaban J connectivity index is 2.62. The molecule has 1 rings (SSSR count). The lowest BCUT2D eigenvalue weighted by molar-refractivity contribution is -0.881. The molecule has 7 nitrogen and oxygen atoms in total. The summed E-state index contributed by atoms with van der Waals surface area (Å²) in [6.45, 7) is 8.77. The molecule has 7 heteroatoms. The number of benzene rings is 1. The number of carbonyl (C=O) groups is 3. The van der Waals surface area contributed by atoms with Crippen molar-refractivity contribution in [1.29, 1.82) is 0 Å². The molecule has 3 N–H and O–H groups in total. The fourth-order valence-electron chi connectivity index (χ4n) is 2.77. The van der Waals surface area contributed by atoms with Gasteiger partial charge in [0.25, 0.3) is 11.8 Å². The highest BCUT2D eigenvalue weighted by atomic mass is 16.5. The smallest absolute Gasteiger partial charge is 0.414 e. The van der Waals surface area contributed by atoms with E-state index in [1.54, 1.807) is 6.92 Å². The second-order valence-electron chi connectivity index (χ2n) is 6.89. The van der Waals surface area contributed by atoms with Gasteiger partial charge in [-0.05, 0) is 31.7 Å². The topological polar surface area (TPSA) is 88.9 Å². The average Bonchev–Trinajstić information content (AvgIpc) is 2.61. The van der Waals surface area contributed by atoms with Gasteiger partial charge in [-0.1, -0.05) is 44.2 Å². The van der Waals surface area contributed by atoms with E-state index in [1.807, 2.05) is 37.3 Å². The summed E-state index contributed by atoms with van der Waals surface area (Å²) in [5, 5.41) is 5.24. The van der Waals surface area contributed by atoms with Gasteiger partial charge in [0.2, 0.25) is 0 Å². The lowest BCUT2D eigenvalue weighted by Gasteiger charge is -2.23. The summed E-state index contributed by atoms with van der Waals surface area (Å²) in [6.07, 6.45) is 0.0732. The maximum atomic E-state index is 12.5. The van der Waals surface area contributed by atoms with Gasteiger partial charge in [-0.15, -0.1) is 0 Å². The van der Waals surface area contributed by atoms with Crippen LogP contribution >= 0.6 is 0 Å². The van der Waals surface area contributed by atoms with Crippen LogP contribution in [0.15, 0.2) is 30.3 Å². The Morgan fingerprint density at radius 1 is 1.04 bits per heavy atom. The van der Waals surface area contributed by atoms with Gasteiger partial charge >= 0.3 is 6.09 Å². The van der Waals surface area contributed by atoms with E-state index >= 15 is 0 Å². The van der Waals surface area contributed by atoms with Gasteiger partial charge in [0.1, 0.15) is 0 Å². The van der Waals surface area contributed by atoms with Gasteiger partial charge in [0, 0.05) is 0 Å². The van der Waals surface area contributed by atoms with E-state index in [4.69, 9.17) is 0 Å². The highest BCUT2D eigenvalue weighted by molar-refractivity contribution is 5.92. The molecular formula is C20H32N3O4+. The van der Waals surface area contributed by atoms with E-state index < -0.39 is 12.0 Å². The lowest BCUT2D eigenvalue weighted by Crippen LogP contribution is -3.14. The Morgan fingerprint density at radius 3 is 2.22 bits per heavy atom. The van der Waals surface area contributed by atoms with Gasteiger partial charge in [-0.2, -0.15) is 0 Å². The van der Waals surface area contributed by atoms with Crippen molar-refractivity contribution in [2.45, 2.75) is 40.2 Å². The summed E-state index contributed by atoms with van der Waals surface area (Å²) in [5.74, 6) is -0.148. The summed E-state index contributed by atoms with van der Waals surface area (Å²) in [7, 11) is 0. The molecule has 150 valence electrons. The number of quaternary nitrogens is 1. The van der Waals surface area contributed by atoms with Crippen molar-refractivity contribution in [3.8, 4) is 0 Å². The van der Waals surface area contributed by atoms with Crippen molar-refractivity contribution in [3.63, 3.8) is 0 Å². The minimum absolute atomic E-state index is 0.0307. The van der Waals surface area contributed by atoms with Gasteiger partial charge in [-0.3, -0.25) is 14.9 Å². The van der Waals surface area contributed by atoms with Crippen molar-refractivity contribution < 1.29 is 24.0 Å². The Hall–Kier alpha value is -2.41. The highest BCUT2D eigenvalue weighted by Gasteiger charge is 2.21. The van der Waals surface area contributed by atoms with Crippen LogP contribution in [0.3, 0.4) is 0 Å². The molecule has 1 aromatic rings. The second-order valence-corrected chi connectivity index (χ2v) is 6.89. The standard InChI is InChI=1S/C20H31N3O4/c1-5-23(14-19(25)22-20(26)27-6-2)13-18(24)21-17(12-15(3)4)16-10-8-7-9-11-16/h7-11,15,17H,5-6,12-14H2,1-4H3,(H,21,24)(H,22,25,26)/p+1/t17-/m1/s1. The van der Waals surface area contributed by atoms with Crippen molar-refractivity contribution in [1.82, 2.24) is 10.6 Å². The maximum Gasteiger partial charge on any atom is 0.414 e. The molecule has 0 fully saturated rings. The molecule has 27 heavy (non-hydrogen) atoms. The van der Waals surface area contributed by atoms with Crippen LogP contribution in [0.2, 0.25) is 0 Å². The molecule has 0 aliphatic rings. The number of carbonyl (C=O) groups excluding carboxylic acids is 3. The third-order valence-electron chi connectivity index (χ3n) is 4.08. The second kappa shape index (κ2) is 12.1. The first-order valence-corrected chi connectivity index (χ1v) is 9.50. The monoisotopic (exact) mass is 378 g/mol. The van der Waals surface area contributed by atoms with Crippen molar-refractivity contribution in [3.05, 3.63) is 35.9 Å². The number of amides is 3. The van der Waals surface area contributed by atoms with Gasteiger partial charge in [0.05, 0.1) is 19.2 Å². The van der Waals surface area contributed by atoms with Crippen LogP contribution in [0.25, 0.3) is 0 Å². The summed E-state index contributed by atoms with van der Waals surface area (Å²) >= 11 is 0. The van der Waals surface area contributed by atoms with Crippen LogP contribution in [-0.4, -0.2) is 44.1 Å². The molecule has 0 radical (unpaired) electrons. The zero-order valence-electron chi connectivity index (χ0n) is 16.7. The molecule has 0 aliphatic heterocycles. The maximum absolute atomic E-state index is 12.5. The Bertz CT molecular complexity index is 605. The Kier molecular flexibility index (Phi) is 10.1. The van der Waals surface area contributed by atoms with E-state index in [0.29, 0.717) is 12.5 Å². The minimum atomic E-state index is -0.761. The zero-order chi connectivity index (χ0) is 20.2. The molecule has 0 spiro atoms. The highest BCUT2D eigenvalue weighted by Crippen LogP contribution is 2.20. The zero-order valence-corrected chi connectivity index (χ0v) is 16.7. The van der Waals surface area contributed by atoms with Crippen molar-refractivity contribution in [2.75, 3.05) is 26.2 Å². The van der Waals surface area contributed by atoms with Gasteiger partial charge in [0.15, 0.2) is 13.1 Å². The van der Waals surface area contributed by atoms with Crippen LogP contribution in [0.1, 0.15) is 45.7 Å². The normalized spacial score (nSPS) is 12.9. The Labute approximate surface area is 161 Å². The van der Waals surface area contributed by atoms with Crippen molar-refractivity contribution >= 4 is 17.9 Å². The number of ether oxygens (including phenoxy) is 1. The lowest BCUT2D eigenvalue weighted by atomic mass is 9.97. The molecule has 0 heterocycles. The Morgan fingerprint density at radius 2 is 1.67 bits per heavy atom. The summed E-state index contributed by atoms with van der Waals surface area (Å²) < 4.78 is 4.69. The molecule has 0 bridgehead atoms. The van der Waals surface area contributed by atoms with Crippen LogP contribution in [0.4, 0.5) is 4.79 Å². The number of likely N-dealkylation sites (N-methyl/N-ethyl adjacent to an activating group) is 1. The van der Waals surface area contributed by atoms with Gasteiger partial charge < -0.3 is 15.0 Å². The largest absolute Gasteiger partial charge is 0.450 e. The molecule has 0 aromatic heterocycles. The van der Waals surface area contributed by atoms with E-state index in [1.165, 1.54) is 0 Å². The number of nitrogens with one attached hydrogen (secondary N) is 3. The van der Waals surface area contributed by atoms with Crippen molar-refractivity contribution in [2.24, 2.45) is 5.92 Å². The molecule has 0 saturated heterocycles. The number of alkyl carbamates (subject to hydrolysis) is 1. The predicted molar refractivity (Wildman–Crippen MR) is 103 cm³/mol. The summed E-state index contributed by atoms with van der Waals surface area (Å²) in [4.78, 5) is 36.5. The van der Waals surface area contributed by atoms with E-state index in [0.717, 1.165) is 16.9 Å². The van der Waals surface area contributed by atoms with Crippen LogP contribution in [0.5, 0.6) is 0 Å². The van der Waals surface area contributed by atoms with Gasteiger partial charge in [-0.25, -0.2) is 4.79 Å². The number of rotatable bonds is 10. The summed E-state index contributed by atoms with van der Waals surface area (Å²) in [5.41, 5.74) is 1.07. The van der Waals surface area contributed by atoms with Crippen LogP contribution in [0, 0.1) is 5.92 Å². The molecule has 3 amide bonds. The molecule has 1 aromatic carbocycles. The fraction of sp³-hybridized carbons (Fsp3) is 0.550. The van der Waals surface area contributed by atoms with E-state index in [9.17, 15) is 14.4 Å². The number of hydrogen-bond donors (Lipinski definition) is 3. The van der Waals surface area contributed by atoms with E-state index in [-0.39, 0.29) is 31.6 Å². The molecule has 0 saturated carbocycles. The van der Waals surface area contributed by atoms with Crippen LogP contribution < -0.4 is 15.5 Å². The SMILES string of the molecule is CCOC(=O)NC(=O)C[NH+](CC)CC(=O)N[C@H](CC(C)C)c1ccccc1. The number of imide groups is 1. The first-order chi connectivity index (χ1) is 12.8. The first-order valence-electron chi connectivity index (χ1n) is 9.50. The number of hydrogen-bond acceptors (Lipinski definition) is 4. The van der Waals surface area contributed by atoms with E-state index in [2.05, 4.69) is 29.2 Å². The summed E-state index contributed by atoms with van der Waals surface area (Å²) in [6, 6.07) is 9.80. The third kappa shape index (κ3) is 9.19. The molecular weight excluding hydrogens is 346 g/mol. The third-order valence-corrected chi connectivity index (χ3v) is 4.08. The quantitative estimate of drug-likeness (QED) is 0.568. The molecule has 2 atom stereocenters. The fourth-order valence-corrected chi connectivity index (χ4v) is 2.77. The molecule has 0 aliphatic carbocycles. The first kappa shape index (κ1) is 22.6. The minimum Gasteiger partial charge on any atom is -0.450 e.